The number of ether oxygens (including phenoxy) is 1. The summed E-state index contributed by atoms with van der Waals surface area (Å²) in [5, 5.41) is 0. The maximum Gasteiger partial charge on any atom is 0.238 e. The average molecular weight is 344 g/mol. The molecule has 2 rings (SSSR count). The third-order valence-corrected chi connectivity index (χ3v) is 3.83. The van der Waals surface area contributed by atoms with Crippen molar-refractivity contribution in [1.82, 2.24) is 9.97 Å². The molecule has 2 aromatic rings. The van der Waals surface area contributed by atoms with Crippen LogP contribution >= 0.6 is 15.9 Å². The number of hydrogen-bond donors (Lipinski definition) is 1. The number of nitrogens with two attached hydrogens (primary N) is 1. The van der Waals surface area contributed by atoms with Crippen LogP contribution in [0.25, 0.3) is 0 Å². The number of nitrogens with zero attached hydrogens (tertiary/aromatic N) is 2. The molecule has 1 heterocycles. The SMILES string of the molecule is CS(=O)(=O)c1cccc(Oc2nc(N)ncc2Br)c1. The molecule has 1 aromatic heterocycles. The van der Waals surface area contributed by atoms with Crippen LogP contribution in [0.2, 0.25) is 0 Å². The van der Waals surface area contributed by atoms with E-state index in [2.05, 4.69) is 25.9 Å². The Kier molecular flexibility index (Phi) is 3.72. The van der Waals surface area contributed by atoms with Crippen LogP contribution in [0, 0.1) is 0 Å². The first-order valence-electron chi connectivity index (χ1n) is 5.12. The minimum absolute atomic E-state index is 0.0671. The fourth-order valence-corrected chi connectivity index (χ4v) is 2.24. The lowest BCUT2D eigenvalue weighted by molar-refractivity contribution is 0.457. The van der Waals surface area contributed by atoms with Crippen molar-refractivity contribution < 1.29 is 13.2 Å². The van der Waals surface area contributed by atoms with E-state index in [-0.39, 0.29) is 16.7 Å². The quantitative estimate of drug-likeness (QED) is 0.915. The predicted octanol–water partition coefficient (Wildman–Crippen LogP) is 2.02. The Labute approximate surface area is 118 Å². The monoisotopic (exact) mass is 343 g/mol. The zero-order valence-electron chi connectivity index (χ0n) is 9.87. The van der Waals surface area contributed by atoms with Crippen LogP contribution in [0.5, 0.6) is 11.6 Å². The van der Waals surface area contributed by atoms with Crippen molar-refractivity contribution in [2.45, 2.75) is 4.90 Å². The van der Waals surface area contributed by atoms with Crippen LogP contribution in [0.4, 0.5) is 5.95 Å². The van der Waals surface area contributed by atoms with E-state index >= 15 is 0 Å². The molecule has 0 saturated carbocycles. The van der Waals surface area contributed by atoms with Crippen molar-refractivity contribution in [3.05, 3.63) is 34.9 Å². The number of nitrogen functional groups attached to an aromatic ring is 1. The molecule has 1 aromatic carbocycles. The summed E-state index contributed by atoms with van der Waals surface area (Å²) in [6.07, 6.45) is 2.59. The third kappa shape index (κ3) is 3.42. The molecule has 0 unspecified atom stereocenters. The molecule has 2 N–H and O–H groups in total. The molecule has 19 heavy (non-hydrogen) atoms. The highest BCUT2D eigenvalue weighted by atomic mass is 79.9. The van der Waals surface area contributed by atoms with Crippen LogP contribution < -0.4 is 10.5 Å². The largest absolute Gasteiger partial charge is 0.438 e. The normalized spacial score (nSPS) is 11.3. The van der Waals surface area contributed by atoms with Gasteiger partial charge in [-0.25, -0.2) is 13.4 Å². The molecule has 0 saturated heterocycles. The van der Waals surface area contributed by atoms with Gasteiger partial charge in [-0.2, -0.15) is 4.98 Å². The summed E-state index contributed by atoms with van der Waals surface area (Å²) >= 11 is 3.22. The third-order valence-electron chi connectivity index (χ3n) is 2.18. The molecule has 0 fully saturated rings. The number of sulfone groups is 1. The topological polar surface area (TPSA) is 95.2 Å². The molecule has 100 valence electrons. The summed E-state index contributed by atoms with van der Waals surface area (Å²) in [7, 11) is -3.29. The molecule has 6 nitrogen and oxygen atoms in total. The van der Waals surface area contributed by atoms with Gasteiger partial charge in [-0.3, -0.25) is 0 Å². The maximum atomic E-state index is 11.4. The molecule has 0 atom stereocenters. The fraction of sp³-hybridized carbons (Fsp3) is 0.0909. The number of benzene rings is 1. The Bertz CT molecular complexity index is 719. The Hall–Kier alpha value is -1.67. The van der Waals surface area contributed by atoms with Gasteiger partial charge in [0.05, 0.1) is 15.6 Å². The summed E-state index contributed by atoms with van der Waals surface area (Å²) in [6, 6.07) is 6.12. The van der Waals surface area contributed by atoms with Crippen LogP contribution in [0.15, 0.2) is 39.8 Å². The molecule has 0 spiro atoms. The van der Waals surface area contributed by atoms with Gasteiger partial charge in [0.2, 0.25) is 11.8 Å². The second kappa shape index (κ2) is 5.14. The van der Waals surface area contributed by atoms with E-state index in [0.29, 0.717) is 10.2 Å². The number of rotatable bonds is 3. The second-order valence-corrected chi connectivity index (χ2v) is 6.60. The standard InChI is InChI=1S/C11H10BrN3O3S/c1-19(16,17)8-4-2-3-7(5-8)18-10-9(12)6-14-11(13)15-10/h2-6H,1H3,(H2,13,14,15). The lowest BCUT2D eigenvalue weighted by Crippen LogP contribution is -1.99. The van der Waals surface area contributed by atoms with E-state index in [4.69, 9.17) is 10.5 Å². The summed E-state index contributed by atoms with van der Waals surface area (Å²) < 4.78 is 28.9. The van der Waals surface area contributed by atoms with Crippen LogP contribution in [0.3, 0.4) is 0 Å². The highest BCUT2D eigenvalue weighted by molar-refractivity contribution is 9.10. The minimum Gasteiger partial charge on any atom is -0.438 e. The maximum absolute atomic E-state index is 11.4. The van der Waals surface area contributed by atoms with Gasteiger partial charge < -0.3 is 10.5 Å². The molecule has 0 aliphatic rings. The highest BCUT2D eigenvalue weighted by Gasteiger charge is 2.10. The van der Waals surface area contributed by atoms with Gasteiger partial charge >= 0.3 is 0 Å². The highest BCUT2D eigenvalue weighted by Crippen LogP contribution is 2.28. The van der Waals surface area contributed by atoms with Gasteiger partial charge in [0.15, 0.2) is 9.84 Å². The van der Waals surface area contributed by atoms with E-state index in [1.165, 1.54) is 18.3 Å². The minimum atomic E-state index is -3.29. The van der Waals surface area contributed by atoms with E-state index in [1.807, 2.05) is 0 Å². The van der Waals surface area contributed by atoms with Gasteiger partial charge in [-0.1, -0.05) is 6.07 Å². The molecule has 0 radical (unpaired) electrons. The first-order valence-corrected chi connectivity index (χ1v) is 7.81. The number of hydrogen-bond acceptors (Lipinski definition) is 6. The van der Waals surface area contributed by atoms with Gasteiger partial charge in [0.1, 0.15) is 5.75 Å². The average Bonchev–Trinajstić information content (AvgIpc) is 2.33. The molecule has 0 aliphatic carbocycles. The van der Waals surface area contributed by atoms with Crippen LogP contribution in [0.1, 0.15) is 0 Å². The summed E-state index contributed by atoms with van der Waals surface area (Å²) in [5.41, 5.74) is 5.46. The van der Waals surface area contributed by atoms with Crippen LogP contribution in [-0.4, -0.2) is 24.6 Å². The van der Waals surface area contributed by atoms with Gasteiger partial charge in [-0.15, -0.1) is 0 Å². The van der Waals surface area contributed by atoms with Gasteiger partial charge in [0.25, 0.3) is 0 Å². The molecule has 0 bridgehead atoms. The van der Waals surface area contributed by atoms with Crippen molar-refractivity contribution in [2.24, 2.45) is 0 Å². The first kappa shape index (κ1) is 13.8. The summed E-state index contributed by atoms with van der Waals surface area (Å²) in [4.78, 5) is 7.86. The molecule has 0 amide bonds. The summed E-state index contributed by atoms with van der Waals surface area (Å²) in [5.74, 6) is 0.636. The van der Waals surface area contributed by atoms with E-state index in [0.717, 1.165) is 6.26 Å². The lowest BCUT2D eigenvalue weighted by atomic mass is 10.3. The van der Waals surface area contributed by atoms with Gasteiger partial charge in [-0.05, 0) is 34.1 Å². The predicted molar refractivity (Wildman–Crippen MR) is 73.8 cm³/mol. The van der Waals surface area contributed by atoms with E-state index < -0.39 is 9.84 Å². The Morgan fingerprint density at radius 3 is 2.79 bits per heavy atom. The van der Waals surface area contributed by atoms with Gasteiger partial charge in [0, 0.05) is 6.26 Å². The number of halogens is 1. The van der Waals surface area contributed by atoms with Crippen molar-refractivity contribution in [3.63, 3.8) is 0 Å². The molecular formula is C11H10BrN3O3S. The molecule has 0 aliphatic heterocycles. The summed E-state index contributed by atoms with van der Waals surface area (Å²) in [6.45, 7) is 0. The zero-order valence-corrected chi connectivity index (χ0v) is 12.3. The number of anilines is 1. The first-order chi connectivity index (χ1) is 8.86. The van der Waals surface area contributed by atoms with Crippen molar-refractivity contribution in [3.8, 4) is 11.6 Å². The second-order valence-electron chi connectivity index (χ2n) is 3.73. The van der Waals surface area contributed by atoms with E-state index in [9.17, 15) is 8.42 Å². The molecular weight excluding hydrogens is 334 g/mol. The Morgan fingerprint density at radius 2 is 2.11 bits per heavy atom. The lowest BCUT2D eigenvalue weighted by Gasteiger charge is -2.07. The fourth-order valence-electron chi connectivity index (χ4n) is 1.32. The van der Waals surface area contributed by atoms with Crippen molar-refractivity contribution >= 4 is 31.7 Å². The smallest absolute Gasteiger partial charge is 0.238 e. The number of aromatic nitrogens is 2. The zero-order chi connectivity index (χ0) is 14.0. The van der Waals surface area contributed by atoms with Crippen molar-refractivity contribution in [1.29, 1.82) is 0 Å². The Balaban J connectivity index is 2.36. The molecule has 8 heteroatoms. The van der Waals surface area contributed by atoms with Crippen molar-refractivity contribution in [2.75, 3.05) is 12.0 Å². The van der Waals surface area contributed by atoms with E-state index in [1.54, 1.807) is 12.1 Å². The Morgan fingerprint density at radius 1 is 1.37 bits per heavy atom. The van der Waals surface area contributed by atoms with Crippen LogP contribution in [-0.2, 0) is 9.84 Å².